The van der Waals surface area contributed by atoms with Gasteiger partial charge in [-0.2, -0.15) is 0 Å². The molecule has 0 radical (unpaired) electrons. The second kappa shape index (κ2) is 11.3. The highest BCUT2D eigenvalue weighted by Gasteiger charge is 2.35. The molecule has 0 bridgehead atoms. The van der Waals surface area contributed by atoms with E-state index in [0.29, 0.717) is 30.3 Å². The molecule has 2 N–H and O–H groups in total. The van der Waals surface area contributed by atoms with Crippen LogP contribution < -0.4 is 25.2 Å². The van der Waals surface area contributed by atoms with Gasteiger partial charge in [-0.25, -0.2) is 0 Å². The van der Waals surface area contributed by atoms with Gasteiger partial charge in [-0.05, 0) is 53.9 Å². The van der Waals surface area contributed by atoms with Crippen molar-refractivity contribution >= 4 is 39.1 Å². The lowest BCUT2D eigenvalue weighted by Crippen LogP contribution is -2.36. The van der Waals surface area contributed by atoms with Crippen molar-refractivity contribution in [2.75, 3.05) is 24.0 Å². The zero-order chi connectivity index (χ0) is 24.8. The first-order chi connectivity index (χ1) is 17.0. The van der Waals surface area contributed by atoms with Gasteiger partial charge in [0, 0.05) is 29.2 Å². The van der Waals surface area contributed by atoms with E-state index in [1.807, 2.05) is 48.5 Å². The number of aryl methyl sites for hydroxylation is 1. The summed E-state index contributed by atoms with van der Waals surface area (Å²) in [6.45, 7) is 2.84. The third kappa shape index (κ3) is 6.14. The van der Waals surface area contributed by atoms with Gasteiger partial charge in [-0.3, -0.25) is 20.4 Å². The summed E-state index contributed by atoms with van der Waals surface area (Å²) in [5.74, 6) is 0.415. The summed E-state index contributed by atoms with van der Waals surface area (Å²) in [5, 5.41) is 0. The van der Waals surface area contributed by atoms with Crippen LogP contribution in [0, 0.1) is 5.92 Å². The number of nitrogens with zero attached hydrogens (tertiary/aromatic N) is 1. The molecule has 8 heteroatoms. The molecule has 1 heterocycles. The van der Waals surface area contributed by atoms with Crippen LogP contribution in [-0.2, 0) is 22.6 Å². The lowest BCUT2D eigenvalue weighted by atomic mass is 10.1. The largest absolute Gasteiger partial charge is 0.493 e. The van der Waals surface area contributed by atoms with E-state index in [9.17, 15) is 9.59 Å². The third-order valence-electron chi connectivity index (χ3n) is 5.95. The topological polar surface area (TPSA) is 79.9 Å². The van der Waals surface area contributed by atoms with E-state index >= 15 is 0 Å². The summed E-state index contributed by atoms with van der Waals surface area (Å²) in [4.78, 5) is 26.9. The van der Waals surface area contributed by atoms with Crippen molar-refractivity contribution in [1.29, 1.82) is 0 Å². The highest BCUT2D eigenvalue weighted by Crippen LogP contribution is 2.31. The fourth-order valence-corrected chi connectivity index (χ4v) is 4.15. The van der Waals surface area contributed by atoms with Gasteiger partial charge < -0.3 is 14.4 Å². The van der Waals surface area contributed by atoms with Gasteiger partial charge in [0.15, 0.2) is 11.5 Å². The molecule has 182 valence electrons. The van der Waals surface area contributed by atoms with Crippen molar-refractivity contribution in [2.45, 2.75) is 26.4 Å². The van der Waals surface area contributed by atoms with Gasteiger partial charge in [0.2, 0.25) is 11.8 Å². The van der Waals surface area contributed by atoms with Crippen molar-refractivity contribution in [3.63, 3.8) is 0 Å². The Bertz CT molecular complexity index is 1180. The minimum absolute atomic E-state index is 0.0525. The van der Waals surface area contributed by atoms with Gasteiger partial charge in [0.05, 0.1) is 18.7 Å². The normalized spacial score (nSPS) is 15.1. The molecule has 1 aliphatic rings. The molecule has 0 aliphatic carbocycles. The van der Waals surface area contributed by atoms with Crippen molar-refractivity contribution in [3.8, 4) is 11.5 Å². The first kappa shape index (κ1) is 24.6. The third-order valence-corrected chi connectivity index (χ3v) is 6.48. The number of hydrogen-bond acceptors (Lipinski definition) is 5. The molecule has 35 heavy (non-hydrogen) atoms. The number of benzene rings is 3. The number of hydrazine groups is 1. The maximum Gasteiger partial charge on any atom is 0.243 e. The van der Waals surface area contributed by atoms with E-state index in [1.54, 1.807) is 30.2 Å². The van der Waals surface area contributed by atoms with E-state index in [2.05, 4.69) is 33.7 Å². The molecule has 1 fully saturated rings. The molecule has 4 rings (SSSR count). The maximum absolute atomic E-state index is 12.7. The van der Waals surface area contributed by atoms with Gasteiger partial charge >= 0.3 is 0 Å². The van der Waals surface area contributed by atoms with Gasteiger partial charge in [0.25, 0.3) is 0 Å². The van der Waals surface area contributed by atoms with Crippen LogP contribution in [0.1, 0.15) is 24.5 Å². The van der Waals surface area contributed by atoms with Crippen LogP contribution in [0.2, 0.25) is 0 Å². The van der Waals surface area contributed by atoms with Crippen LogP contribution in [0.15, 0.2) is 71.2 Å². The Balaban J connectivity index is 1.32. The number of amides is 2. The van der Waals surface area contributed by atoms with Gasteiger partial charge in [-0.15, -0.1) is 0 Å². The highest BCUT2D eigenvalue weighted by atomic mass is 79.9. The Labute approximate surface area is 213 Å². The molecule has 0 aromatic heterocycles. The summed E-state index contributed by atoms with van der Waals surface area (Å²) in [6, 6.07) is 21.1. The first-order valence-corrected chi connectivity index (χ1v) is 12.3. The van der Waals surface area contributed by atoms with Crippen LogP contribution in [0.5, 0.6) is 11.5 Å². The molecular weight excluding hydrogens is 510 g/mol. The number of methoxy groups -OCH3 is 1. The number of rotatable bonds is 9. The van der Waals surface area contributed by atoms with Crippen LogP contribution in [0.4, 0.5) is 11.4 Å². The first-order valence-electron chi connectivity index (χ1n) is 11.5. The summed E-state index contributed by atoms with van der Waals surface area (Å²) in [6.07, 6.45) is 1.11. The zero-order valence-electron chi connectivity index (χ0n) is 19.7. The van der Waals surface area contributed by atoms with Crippen molar-refractivity contribution in [2.24, 2.45) is 5.92 Å². The van der Waals surface area contributed by atoms with E-state index in [1.165, 1.54) is 5.56 Å². The van der Waals surface area contributed by atoms with E-state index in [4.69, 9.17) is 9.47 Å². The zero-order valence-corrected chi connectivity index (χ0v) is 21.3. The minimum atomic E-state index is -0.434. The predicted molar refractivity (Wildman–Crippen MR) is 140 cm³/mol. The minimum Gasteiger partial charge on any atom is -0.493 e. The van der Waals surface area contributed by atoms with Crippen molar-refractivity contribution < 1.29 is 19.1 Å². The number of anilines is 2. The number of halogens is 1. The number of carbonyl (C=O) groups excluding carboxylic acids is 2. The Kier molecular flexibility index (Phi) is 7.92. The maximum atomic E-state index is 12.7. The number of carbonyl (C=O) groups is 2. The SMILES string of the molecule is CCc1ccc(N2C[C@H](C(=O)NNc3ccc(OCc4ccc(Br)cc4)c(OC)c3)CC2=O)cc1. The molecule has 7 nitrogen and oxygen atoms in total. The van der Waals surface area contributed by atoms with E-state index in [-0.39, 0.29) is 18.2 Å². The molecule has 1 saturated heterocycles. The Hall–Kier alpha value is -3.52. The molecule has 0 unspecified atom stereocenters. The van der Waals surface area contributed by atoms with Gasteiger partial charge in [-0.1, -0.05) is 47.1 Å². The molecule has 0 spiro atoms. The fraction of sp³-hybridized carbons (Fsp3) is 0.259. The molecule has 3 aromatic rings. The Morgan fingerprint density at radius 3 is 2.43 bits per heavy atom. The second-order valence-corrected chi connectivity index (χ2v) is 9.24. The average Bonchev–Trinajstić information content (AvgIpc) is 3.28. The molecule has 3 aromatic carbocycles. The molecule has 1 aliphatic heterocycles. The lowest BCUT2D eigenvalue weighted by Gasteiger charge is -2.18. The van der Waals surface area contributed by atoms with Crippen LogP contribution in [-0.4, -0.2) is 25.5 Å². The predicted octanol–water partition coefficient (Wildman–Crippen LogP) is 5.10. The molecule has 2 amide bonds. The monoisotopic (exact) mass is 537 g/mol. The van der Waals surface area contributed by atoms with Gasteiger partial charge in [0.1, 0.15) is 6.61 Å². The highest BCUT2D eigenvalue weighted by molar-refractivity contribution is 9.10. The fourth-order valence-electron chi connectivity index (χ4n) is 3.89. The van der Waals surface area contributed by atoms with Crippen molar-refractivity contribution in [1.82, 2.24) is 5.43 Å². The van der Waals surface area contributed by atoms with Crippen molar-refractivity contribution in [3.05, 3.63) is 82.3 Å². The molecular formula is C27H28BrN3O4. The molecule has 0 saturated carbocycles. The van der Waals surface area contributed by atoms with Crippen LogP contribution in [0.3, 0.4) is 0 Å². The van der Waals surface area contributed by atoms with Crippen LogP contribution in [0.25, 0.3) is 0 Å². The number of ether oxygens (including phenoxy) is 2. The smallest absolute Gasteiger partial charge is 0.243 e. The summed E-state index contributed by atoms with van der Waals surface area (Å²) < 4.78 is 12.4. The number of nitrogens with one attached hydrogen (secondary N) is 2. The standard InChI is InChI=1S/C27H28BrN3O4/c1-3-18-6-11-23(12-7-18)31-16-20(14-26(31)32)27(33)30-29-22-10-13-24(25(15-22)34-2)35-17-19-4-8-21(28)9-5-19/h4-13,15,20,29H,3,14,16-17H2,1-2H3,(H,30,33)/t20-/m1/s1. The van der Waals surface area contributed by atoms with E-state index in [0.717, 1.165) is 22.1 Å². The second-order valence-electron chi connectivity index (χ2n) is 8.32. The molecule has 1 atom stereocenters. The van der Waals surface area contributed by atoms with E-state index < -0.39 is 5.92 Å². The number of hydrogen-bond donors (Lipinski definition) is 2. The Morgan fingerprint density at radius 2 is 1.74 bits per heavy atom. The van der Waals surface area contributed by atoms with Crippen LogP contribution >= 0.6 is 15.9 Å². The lowest BCUT2D eigenvalue weighted by molar-refractivity contribution is -0.125. The summed E-state index contributed by atoms with van der Waals surface area (Å²) >= 11 is 3.42. The summed E-state index contributed by atoms with van der Waals surface area (Å²) in [7, 11) is 1.57. The Morgan fingerprint density at radius 1 is 1.03 bits per heavy atom. The average molecular weight is 538 g/mol. The summed E-state index contributed by atoms with van der Waals surface area (Å²) in [5.41, 5.74) is 9.34. The quantitative estimate of drug-likeness (QED) is 0.371.